The highest BCUT2D eigenvalue weighted by atomic mass is 16.2. The number of carbonyl (C=O) groups is 2. The molecular formula is C17H20N2O2. The highest BCUT2D eigenvalue weighted by Gasteiger charge is 2.31. The average molecular weight is 284 g/mol. The molecule has 1 saturated carbocycles. The zero-order valence-electron chi connectivity index (χ0n) is 12.3. The number of hydrogen-bond donors (Lipinski definition) is 1. The van der Waals surface area contributed by atoms with E-state index >= 15 is 0 Å². The molecule has 0 bridgehead atoms. The van der Waals surface area contributed by atoms with E-state index in [1.807, 2.05) is 25.1 Å². The minimum atomic E-state index is -0.0568. The van der Waals surface area contributed by atoms with Crippen molar-refractivity contribution >= 4 is 17.5 Å². The average Bonchev–Trinajstić information content (AvgIpc) is 3.28. The Morgan fingerprint density at radius 3 is 2.67 bits per heavy atom. The topological polar surface area (TPSA) is 49.4 Å². The van der Waals surface area contributed by atoms with Gasteiger partial charge in [-0.05, 0) is 31.7 Å². The molecule has 0 saturated heterocycles. The molecule has 0 spiro atoms. The van der Waals surface area contributed by atoms with Crippen molar-refractivity contribution in [2.75, 3.05) is 6.54 Å². The lowest BCUT2D eigenvalue weighted by Gasteiger charge is -2.18. The van der Waals surface area contributed by atoms with Crippen LogP contribution < -0.4 is 5.32 Å². The van der Waals surface area contributed by atoms with E-state index in [-0.39, 0.29) is 17.9 Å². The Morgan fingerprint density at radius 2 is 2.05 bits per heavy atom. The van der Waals surface area contributed by atoms with Crippen molar-refractivity contribution in [2.45, 2.75) is 32.2 Å². The van der Waals surface area contributed by atoms with Crippen molar-refractivity contribution in [3.63, 3.8) is 0 Å². The smallest absolute Gasteiger partial charge is 0.258 e. The van der Waals surface area contributed by atoms with Crippen molar-refractivity contribution in [2.24, 2.45) is 5.92 Å². The van der Waals surface area contributed by atoms with Gasteiger partial charge in [0.1, 0.15) is 0 Å². The van der Waals surface area contributed by atoms with Crippen LogP contribution in [0, 0.1) is 5.92 Å². The quantitative estimate of drug-likeness (QED) is 0.902. The number of carbonyl (C=O) groups excluding carboxylic acids is 2. The third-order valence-corrected chi connectivity index (χ3v) is 4.32. The van der Waals surface area contributed by atoms with Gasteiger partial charge in [0.15, 0.2) is 0 Å². The Bertz CT molecular complexity index is 570. The van der Waals surface area contributed by atoms with Crippen LogP contribution in [-0.2, 0) is 4.79 Å². The minimum Gasteiger partial charge on any atom is -0.353 e. The monoisotopic (exact) mass is 284 g/mol. The third kappa shape index (κ3) is 2.71. The number of nitrogens with zero attached hydrogens (tertiary/aromatic N) is 1. The molecule has 2 amide bonds. The van der Waals surface area contributed by atoms with E-state index in [0.29, 0.717) is 30.1 Å². The van der Waals surface area contributed by atoms with E-state index in [9.17, 15) is 9.59 Å². The molecule has 1 aromatic carbocycles. The van der Waals surface area contributed by atoms with E-state index in [1.54, 1.807) is 11.0 Å². The largest absolute Gasteiger partial charge is 0.353 e. The third-order valence-electron chi connectivity index (χ3n) is 4.32. The molecule has 1 heterocycles. The molecule has 110 valence electrons. The van der Waals surface area contributed by atoms with Gasteiger partial charge in [-0.15, -0.1) is 0 Å². The lowest BCUT2D eigenvalue weighted by Crippen LogP contribution is -2.36. The molecule has 4 nitrogen and oxygen atoms in total. The fourth-order valence-electron chi connectivity index (χ4n) is 2.82. The van der Waals surface area contributed by atoms with Crippen LogP contribution in [0.5, 0.6) is 0 Å². The van der Waals surface area contributed by atoms with E-state index in [0.717, 1.165) is 5.56 Å². The summed E-state index contributed by atoms with van der Waals surface area (Å²) in [5.41, 5.74) is 2.24. The first-order valence-electron chi connectivity index (χ1n) is 7.47. The van der Waals surface area contributed by atoms with Gasteiger partial charge in [-0.2, -0.15) is 0 Å². The second-order valence-electron chi connectivity index (χ2n) is 5.89. The maximum absolute atomic E-state index is 12.3. The zero-order valence-corrected chi connectivity index (χ0v) is 12.3. The predicted octanol–water partition coefficient (Wildman–Crippen LogP) is 2.42. The fourth-order valence-corrected chi connectivity index (χ4v) is 2.82. The molecule has 1 fully saturated rings. The van der Waals surface area contributed by atoms with Crippen LogP contribution in [-0.4, -0.2) is 29.3 Å². The molecule has 21 heavy (non-hydrogen) atoms. The Balaban J connectivity index is 1.58. The molecule has 0 unspecified atom stereocenters. The van der Waals surface area contributed by atoms with Gasteiger partial charge in [0, 0.05) is 35.8 Å². The molecule has 4 heteroatoms. The zero-order chi connectivity index (χ0) is 15.0. The normalized spacial score (nSPS) is 18.6. The maximum Gasteiger partial charge on any atom is 0.258 e. The number of fused-ring (bicyclic) bond motifs is 1. The van der Waals surface area contributed by atoms with Gasteiger partial charge < -0.3 is 10.2 Å². The molecule has 1 N–H and O–H groups in total. The van der Waals surface area contributed by atoms with Crippen LogP contribution in [0.25, 0.3) is 5.70 Å². The molecule has 0 radical (unpaired) electrons. The number of rotatable bonds is 5. The summed E-state index contributed by atoms with van der Waals surface area (Å²) in [7, 11) is 0. The molecular weight excluding hydrogens is 264 g/mol. The lowest BCUT2D eigenvalue weighted by atomic mass is 10.1. The second-order valence-corrected chi connectivity index (χ2v) is 5.89. The fraction of sp³-hybridized carbons (Fsp3) is 0.412. The van der Waals surface area contributed by atoms with Gasteiger partial charge in [-0.1, -0.05) is 24.8 Å². The highest BCUT2D eigenvalue weighted by molar-refractivity contribution is 6.08. The van der Waals surface area contributed by atoms with E-state index in [4.69, 9.17) is 0 Å². The first-order valence-corrected chi connectivity index (χ1v) is 7.47. The van der Waals surface area contributed by atoms with Gasteiger partial charge in [0.05, 0.1) is 0 Å². The maximum atomic E-state index is 12.3. The summed E-state index contributed by atoms with van der Waals surface area (Å²) < 4.78 is 0. The standard InChI is InChI=1S/C17H20N2O2/c1-11(13-7-8-13)18-16(20)9-10-19-12(2)14-5-3-4-6-15(14)17(19)21/h3-6,11,13H,2,7-10H2,1H3,(H,18,20)/t11-/m1/s1. The van der Waals surface area contributed by atoms with Gasteiger partial charge in [0.2, 0.25) is 5.91 Å². The molecule has 2 aliphatic rings. The van der Waals surface area contributed by atoms with Gasteiger partial charge >= 0.3 is 0 Å². The second kappa shape index (κ2) is 5.35. The highest BCUT2D eigenvalue weighted by Crippen LogP contribution is 2.33. The molecule has 0 aromatic heterocycles. The summed E-state index contributed by atoms with van der Waals surface area (Å²) >= 11 is 0. The first-order chi connectivity index (χ1) is 10.1. The molecule has 1 aliphatic heterocycles. The number of amides is 2. The van der Waals surface area contributed by atoms with Crippen LogP contribution >= 0.6 is 0 Å². The number of nitrogens with one attached hydrogen (secondary N) is 1. The summed E-state index contributed by atoms with van der Waals surface area (Å²) in [6.07, 6.45) is 2.73. The summed E-state index contributed by atoms with van der Waals surface area (Å²) in [5, 5.41) is 3.01. The molecule has 1 aliphatic carbocycles. The molecule has 1 atom stereocenters. The van der Waals surface area contributed by atoms with Gasteiger partial charge in [0.25, 0.3) is 5.91 Å². The van der Waals surface area contributed by atoms with Gasteiger partial charge in [-0.3, -0.25) is 9.59 Å². The molecule has 3 rings (SSSR count). The summed E-state index contributed by atoms with van der Waals surface area (Å²) in [4.78, 5) is 25.8. The van der Waals surface area contributed by atoms with Crippen LogP contribution in [0.4, 0.5) is 0 Å². The van der Waals surface area contributed by atoms with E-state index in [2.05, 4.69) is 11.9 Å². The number of benzene rings is 1. The van der Waals surface area contributed by atoms with Crippen LogP contribution in [0.1, 0.15) is 42.1 Å². The Morgan fingerprint density at radius 1 is 1.38 bits per heavy atom. The first kappa shape index (κ1) is 13.9. The Hall–Kier alpha value is -2.10. The Labute approximate surface area is 124 Å². The summed E-state index contributed by atoms with van der Waals surface area (Å²) in [6, 6.07) is 7.68. The summed E-state index contributed by atoms with van der Waals surface area (Å²) in [5.74, 6) is 0.589. The van der Waals surface area contributed by atoms with Crippen LogP contribution in [0.15, 0.2) is 30.8 Å². The van der Waals surface area contributed by atoms with Gasteiger partial charge in [-0.25, -0.2) is 0 Å². The minimum absolute atomic E-state index is 0.00551. The van der Waals surface area contributed by atoms with Crippen LogP contribution in [0.3, 0.4) is 0 Å². The molecule has 1 aromatic rings. The number of hydrogen-bond acceptors (Lipinski definition) is 2. The van der Waals surface area contributed by atoms with Crippen molar-refractivity contribution < 1.29 is 9.59 Å². The van der Waals surface area contributed by atoms with E-state index < -0.39 is 0 Å². The Kier molecular flexibility index (Phi) is 3.53. The van der Waals surface area contributed by atoms with E-state index in [1.165, 1.54) is 12.8 Å². The van der Waals surface area contributed by atoms with Crippen LogP contribution in [0.2, 0.25) is 0 Å². The van der Waals surface area contributed by atoms with Crippen molar-refractivity contribution in [3.8, 4) is 0 Å². The SMILES string of the molecule is C=C1c2ccccc2C(=O)N1CCC(=O)N[C@H](C)C1CC1. The van der Waals surface area contributed by atoms with Crippen molar-refractivity contribution in [3.05, 3.63) is 42.0 Å². The van der Waals surface area contributed by atoms with Crippen molar-refractivity contribution in [1.82, 2.24) is 10.2 Å². The van der Waals surface area contributed by atoms with Crippen molar-refractivity contribution in [1.29, 1.82) is 0 Å². The lowest BCUT2D eigenvalue weighted by molar-refractivity contribution is -0.121. The predicted molar refractivity (Wildman–Crippen MR) is 81.5 cm³/mol. The summed E-state index contributed by atoms with van der Waals surface area (Å²) in [6.45, 7) is 6.41.